The first-order valence-corrected chi connectivity index (χ1v) is 12.4. The number of carbonyl (C=O) groups excluding carboxylic acids is 2. The third-order valence-corrected chi connectivity index (χ3v) is 6.74. The highest BCUT2D eigenvalue weighted by atomic mass is 32.2. The summed E-state index contributed by atoms with van der Waals surface area (Å²) in [6.45, 7) is 2.16. The van der Waals surface area contributed by atoms with Gasteiger partial charge in [-0.1, -0.05) is 30.3 Å². The van der Waals surface area contributed by atoms with Crippen molar-refractivity contribution in [3.63, 3.8) is 0 Å². The molecule has 0 spiro atoms. The summed E-state index contributed by atoms with van der Waals surface area (Å²) in [6.07, 6.45) is 1.67. The first kappa shape index (κ1) is 23.5. The molecule has 3 aromatic rings. The number of carbonyl (C=O) groups is 2. The molecule has 0 atom stereocenters. The predicted molar refractivity (Wildman–Crippen MR) is 131 cm³/mol. The van der Waals surface area contributed by atoms with Crippen LogP contribution in [0.2, 0.25) is 0 Å². The molecular weight excluding hydrogens is 452 g/mol. The van der Waals surface area contributed by atoms with Gasteiger partial charge in [-0.3, -0.25) is 4.79 Å². The van der Waals surface area contributed by atoms with E-state index in [0.717, 1.165) is 24.0 Å². The average molecular weight is 479 g/mol. The van der Waals surface area contributed by atoms with E-state index in [1.165, 1.54) is 12.1 Å². The second-order valence-electron chi connectivity index (χ2n) is 8.26. The summed E-state index contributed by atoms with van der Waals surface area (Å²) in [5.74, 6) is -0.390. The van der Waals surface area contributed by atoms with Crippen LogP contribution in [-0.2, 0) is 16.6 Å². The van der Waals surface area contributed by atoms with E-state index >= 15 is 0 Å². The predicted octanol–water partition coefficient (Wildman–Crippen LogP) is 4.01. The zero-order valence-corrected chi connectivity index (χ0v) is 19.5. The third-order valence-electron chi connectivity index (χ3n) is 5.22. The number of sulfonamides is 1. The van der Waals surface area contributed by atoms with E-state index in [1.54, 1.807) is 36.4 Å². The lowest BCUT2D eigenvalue weighted by molar-refractivity contribution is 0.0950. The van der Waals surface area contributed by atoms with Crippen LogP contribution in [0, 0.1) is 6.92 Å². The fraction of sp³-hybridized carbons (Fsp3) is 0.200. The topological polar surface area (TPSA) is 116 Å². The van der Waals surface area contributed by atoms with E-state index < -0.39 is 10.0 Å². The Morgan fingerprint density at radius 1 is 0.882 bits per heavy atom. The highest BCUT2D eigenvalue weighted by Gasteiger charge is 2.28. The van der Waals surface area contributed by atoms with Crippen LogP contribution >= 0.6 is 0 Å². The Kier molecular flexibility index (Phi) is 6.95. The third kappa shape index (κ3) is 6.43. The molecule has 0 radical (unpaired) electrons. The van der Waals surface area contributed by atoms with E-state index in [-0.39, 0.29) is 35.0 Å². The van der Waals surface area contributed by atoms with Gasteiger partial charge >= 0.3 is 6.03 Å². The van der Waals surface area contributed by atoms with Gasteiger partial charge in [-0.2, -0.15) is 0 Å². The summed E-state index contributed by atoms with van der Waals surface area (Å²) < 4.78 is 27.4. The molecule has 1 aliphatic carbocycles. The van der Waals surface area contributed by atoms with E-state index in [2.05, 4.69) is 20.7 Å². The van der Waals surface area contributed by atoms with Gasteiger partial charge in [-0.15, -0.1) is 0 Å². The standard InChI is InChI=1S/C25H26N4O4S/c1-17-5-2-8-21(13-17)27-25(31)28-22-9-3-6-18(14-22)16-26-24(30)19-7-4-10-23(15-19)34(32,33)29-20-11-12-20/h2-10,13-15,20,29H,11-12,16H2,1H3,(H,26,30)(H2,27,28,31). The quantitative estimate of drug-likeness (QED) is 0.391. The molecule has 3 amide bonds. The molecule has 1 saturated carbocycles. The van der Waals surface area contributed by atoms with Gasteiger partial charge in [0, 0.05) is 29.5 Å². The number of hydrogen-bond donors (Lipinski definition) is 4. The number of anilines is 2. The minimum atomic E-state index is -3.64. The lowest BCUT2D eigenvalue weighted by Gasteiger charge is -2.11. The summed E-state index contributed by atoms with van der Waals surface area (Å²) in [4.78, 5) is 25.0. The molecule has 8 nitrogen and oxygen atoms in total. The summed E-state index contributed by atoms with van der Waals surface area (Å²) in [5.41, 5.74) is 3.35. The van der Waals surface area contributed by atoms with E-state index in [4.69, 9.17) is 0 Å². The maximum absolute atomic E-state index is 12.6. The smallest absolute Gasteiger partial charge is 0.323 e. The van der Waals surface area contributed by atoms with Crippen molar-refractivity contribution in [1.82, 2.24) is 10.0 Å². The van der Waals surface area contributed by atoms with Gasteiger partial charge in [0.2, 0.25) is 10.0 Å². The van der Waals surface area contributed by atoms with E-state index in [9.17, 15) is 18.0 Å². The molecule has 4 N–H and O–H groups in total. The molecule has 34 heavy (non-hydrogen) atoms. The second-order valence-corrected chi connectivity index (χ2v) is 9.97. The molecule has 3 aromatic carbocycles. The van der Waals surface area contributed by atoms with Gasteiger partial charge in [0.25, 0.3) is 5.91 Å². The summed E-state index contributed by atoms with van der Waals surface area (Å²) in [6, 6.07) is 20.2. The molecule has 0 heterocycles. The Morgan fingerprint density at radius 2 is 1.56 bits per heavy atom. The highest BCUT2D eigenvalue weighted by Crippen LogP contribution is 2.22. The minimum absolute atomic E-state index is 0.0118. The van der Waals surface area contributed by atoms with Gasteiger partial charge in [-0.05, 0) is 73.4 Å². The highest BCUT2D eigenvalue weighted by molar-refractivity contribution is 7.89. The van der Waals surface area contributed by atoms with Crippen molar-refractivity contribution in [2.24, 2.45) is 0 Å². The van der Waals surface area contributed by atoms with Crippen LogP contribution in [0.4, 0.5) is 16.2 Å². The number of rotatable bonds is 8. The van der Waals surface area contributed by atoms with Gasteiger partial charge in [0.1, 0.15) is 0 Å². The van der Waals surface area contributed by atoms with Crippen LogP contribution in [0.5, 0.6) is 0 Å². The molecule has 0 bridgehead atoms. The van der Waals surface area contributed by atoms with Crippen molar-refractivity contribution in [3.05, 3.63) is 89.5 Å². The van der Waals surface area contributed by atoms with Gasteiger partial charge < -0.3 is 16.0 Å². The summed E-state index contributed by atoms with van der Waals surface area (Å²) in [5, 5.41) is 8.35. The van der Waals surface area contributed by atoms with Crippen molar-refractivity contribution < 1.29 is 18.0 Å². The maximum atomic E-state index is 12.6. The molecule has 4 rings (SSSR count). The molecule has 1 fully saturated rings. The van der Waals surface area contributed by atoms with Crippen LogP contribution in [0.3, 0.4) is 0 Å². The Hall–Kier alpha value is -3.69. The van der Waals surface area contributed by atoms with Crippen molar-refractivity contribution in [1.29, 1.82) is 0 Å². The molecule has 9 heteroatoms. The number of amides is 3. The van der Waals surface area contributed by atoms with Crippen LogP contribution in [0.25, 0.3) is 0 Å². The Bertz CT molecular complexity index is 1320. The Balaban J connectivity index is 1.35. The molecule has 176 valence electrons. The van der Waals surface area contributed by atoms with E-state index in [0.29, 0.717) is 11.4 Å². The van der Waals surface area contributed by atoms with Gasteiger partial charge in [-0.25, -0.2) is 17.9 Å². The normalized spacial score (nSPS) is 13.2. The lowest BCUT2D eigenvalue weighted by Crippen LogP contribution is -2.27. The molecule has 0 saturated heterocycles. The number of urea groups is 1. The van der Waals surface area contributed by atoms with Crippen molar-refractivity contribution >= 4 is 33.3 Å². The van der Waals surface area contributed by atoms with Crippen LogP contribution < -0.4 is 20.7 Å². The molecule has 1 aliphatic rings. The zero-order valence-electron chi connectivity index (χ0n) is 18.7. The SMILES string of the molecule is Cc1cccc(NC(=O)Nc2cccc(CNC(=O)c3cccc(S(=O)(=O)NC4CC4)c3)c2)c1. The van der Waals surface area contributed by atoms with Crippen molar-refractivity contribution in [2.45, 2.75) is 37.2 Å². The lowest BCUT2D eigenvalue weighted by atomic mass is 10.1. The number of benzene rings is 3. The molecule has 0 aromatic heterocycles. The largest absolute Gasteiger partial charge is 0.348 e. The molecule has 0 aliphatic heterocycles. The molecular formula is C25H26N4O4S. The zero-order chi connectivity index (χ0) is 24.1. The van der Waals surface area contributed by atoms with Gasteiger partial charge in [0.15, 0.2) is 0 Å². The van der Waals surface area contributed by atoms with Crippen molar-refractivity contribution in [2.75, 3.05) is 10.6 Å². The van der Waals surface area contributed by atoms with E-state index in [1.807, 2.05) is 31.2 Å². The Morgan fingerprint density at radius 3 is 2.26 bits per heavy atom. The molecule has 0 unspecified atom stereocenters. The summed E-state index contributed by atoms with van der Waals surface area (Å²) in [7, 11) is -3.64. The first-order valence-electron chi connectivity index (χ1n) is 10.9. The fourth-order valence-electron chi connectivity index (χ4n) is 3.35. The second kappa shape index (κ2) is 10.1. The monoisotopic (exact) mass is 478 g/mol. The maximum Gasteiger partial charge on any atom is 0.323 e. The summed E-state index contributed by atoms with van der Waals surface area (Å²) >= 11 is 0. The van der Waals surface area contributed by atoms with Crippen LogP contribution in [0.15, 0.2) is 77.7 Å². The average Bonchev–Trinajstić information content (AvgIpc) is 3.61. The minimum Gasteiger partial charge on any atom is -0.348 e. The van der Waals surface area contributed by atoms with Crippen molar-refractivity contribution in [3.8, 4) is 0 Å². The number of nitrogens with one attached hydrogen (secondary N) is 4. The number of hydrogen-bond acceptors (Lipinski definition) is 4. The fourth-order valence-corrected chi connectivity index (χ4v) is 4.70. The number of aryl methyl sites for hydroxylation is 1. The first-order chi connectivity index (χ1) is 16.3. The van der Waals surface area contributed by atoms with Gasteiger partial charge in [0.05, 0.1) is 4.90 Å². The Labute approximate surface area is 198 Å². The van der Waals surface area contributed by atoms with Crippen LogP contribution in [-0.4, -0.2) is 26.4 Å². The van der Waals surface area contributed by atoms with Crippen LogP contribution in [0.1, 0.15) is 34.3 Å².